The van der Waals surface area contributed by atoms with Crippen molar-refractivity contribution in [1.82, 2.24) is 5.32 Å². The van der Waals surface area contributed by atoms with E-state index in [2.05, 4.69) is 18.8 Å². The minimum atomic E-state index is 0.102. The van der Waals surface area contributed by atoms with E-state index in [0.29, 0.717) is 37.6 Å². The van der Waals surface area contributed by atoms with Gasteiger partial charge in [-0.15, -0.1) is 0 Å². The summed E-state index contributed by atoms with van der Waals surface area (Å²) >= 11 is 0. The summed E-state index contributed by atoms with van der Waals surface area (Å²) < 4.78 is 10.9. The van der Waals surface area contributed by atoms with E-state index >= 15 is 0 Å². The van der Waals surface area contributed by atoms with Crippen LogP contribution in [-0.4, -0.2) is 26.2 Å². The van der Waals surface area contributed by atoms with Crippen LogP contribution in [0.25, 0.3) is 0 Å². The Balaban J connectivity index is 2.03. The van der Waals surface area contributed by atoms with Crippen LogP contribution in [0.15, 0.2) is 30.4 Å². The molecule has 3 N–H and O–H groups in total. The van der Waals surface area contributed by atoms with Gasteiger partial charge in [0.25, 0.3) is 0 Å². The summed E-state index contributed by atoms with van der Waals surface area (Å²) in [5, 5.41) is 3.00. The lowest BCUT2D eigenvalue weighted by atomic mass is 10.0. The predicted molar refractivity (Wildman–Crippen MR) is 143 cm³/mol. The average molecular weight is 475 g/mol. The minimum absolute atomic E-state index is 0.102. The summed E-state index contributed by atoms with van der Waals surface area (Å²) in [6, 6.07) is 5.70. The molecule has 0 fully saturated rings. The molecule has 0 radical (unpaired) electrons. The highest BCUT2D eigenvalue weighted by molar-refractivity contribution is 5.75. The van der Waals surface area contributed by atoms with Crippen LogP contribution in [0.4, 0.5) is 0 Å². The van der Waals surface area contributed by atoms with Gasteiger partial charge in [-0.2, -0.15) is 0 Å². The second kappa shape index (κ2) is 20.4. The van der Waals surface area contributed by atoms with Crippen LogP contribution in [0.3, 0.4) is 0 Å². The smallest absolute Gasteiger partial charge is 0.220 e. The second-order valence-corrected chi connectivity index (χ2v) is 9.29. The monoisotopic (exact) mass is 474 g/mol. The summed E-state index contributed by atoms with van der Waals surface area (Å²) in [6.07, 6.45) is 18.2. The molecule has 0 aliphatic carbocycles. The maximum Gasteiger partial charge on any atom is 0.220 e. The van der Waals surface area contributed by atoms with Crippen molar-refractivity contribution >= 4 is 5.91 Å². The Bertz CT molecular complexity index is 675. The Kier molecular flexibility index (Phi) is 18.0. The van der Waals surface area contributed by atoms with E-state index in [-0.39, 0.29) is 5.91 Å². The number of nitrogens with one attached hydrogen (secondary N) is 1. The largest absolute Gasteiger partial charge is 0.493 e. The number of carbonyl (C=O) groups is 1. The quantitative estimate of drug-likeness (QED) is 0.139. The Morgan fingerprint density at radius 2 is 1.47 bits per heavy atom. The van der Waals surface area contributed by atoms with Crippen LogP contribution in [-0.2, 0) is 11.3 Å². The fraction of sp³-hybridized carbons (Fsp3) is 0.690. The van der Waals surface area contributed by atoms with Gasteiger partial charge >= 0.3 is 0 Å². The number of nitrogens with two attached hydrogens (primary N) is 1. The van der Waals surface area contributed by atoms with Crippen LogP contribution >= 0.6 is 0 Å². The number of ether oxygens (including phenoxy) is 2. The van der Waals surface area contributed by atoms with Gasteiger partial charge in [-0.05, 0) is 49.8 Å². The van der Waals surface area contributed by atoms with Crippen LogP contribution in [0.2, 0.25) is 0 Å². The zero-order chi connectivity index (χ0) is 24.9. The fourth-order valence-corrected chi connectivity index (χ4v) is 4.05. The Labute approximate surface area is 208 Å². The highest BCUT2D eigenvalue weighted by Gasteiger charge is 2.07. The van der Waals surface area contributed by atoms with E-state index in [1.54, 1.807) is 7.11 Å². The third kappa shape index (κ3) is 15.0. The van der Waals surface area contributed by atoms with Gasteiger partial charge in [0.1, 0.15) is 6.61 Å². The number of allylic oxidation sites excluding steroid dienone is 1. The fourth-order valence-electron chi connectivity index (χ4n) is 4.05. The molecular weight excluding hydrogens is 424 g/mol. The predicted octanol–water partition coefficient (Wildman–Crippen LogP) is 7.08. The molecule has 0 aliphatic rings. The topological polar surface area (TPSA) is 73.6 Å². The number of rotatable bonds is 22. The lowest BCUT2D eigenvalue weighted by molar-refractivity contribution is -0.121. The van der Waals surface area contributed by atoms with E-state index < -0.39 is 0 Å². The van der Waals surface area contributed by atoms with Gasteiger partial charge in [-0.3, -0.25) is 4.79 Å². The molecule has 194 valence electrons. The number of hydrogen-bond donors (Lipinski definition) is 2. The third-order valence-corrected chi connectivity index (χ3v) is 6.16. The normalized spacial score (nSPS) is 10.8. The molecule has 0 atom stereocenters. The molecule has 0 saturated heterocycles. The Morgan fingerprint density at radius 1 is 0.882 bits per heavy atom. The lowest BCUT2D eigenvalue weighted by Gasteiger charge is -2.12. The molecule has 0 bridgehead atoms. The summed E-state index contributed by atoms with van der Waals surface area (Å²) in [4.78, 5) is 12.2. The first-order valence-corrected chi connectivity index (χ1v) is 13.5. The molecule has 0 aromatic heterocycles. The standard InChI is InChI=1S/C29H50N2O3/c1-4-5-6-7-8-10-13-16-25(2)17-14-11-9-12-15-18-29(32)31-24-26-19-20-27(34-22-21-30)28(23-26)33-3/h19-20,23H,2,4-18,21-22,24,30H2,1,3H3,(H,31,32). The van der Waals surface area contributed by atoms with Gasteiger partial charge in [-0.1, -0.05) is 82.9 Å². The maximum absolute atomic E-state index is 12.2. The maximum atomic E-state index is 12.2. The zero-order valence-electron chi connectivity index (χ0n) is 22.0. The van der Waals surface area contributed by atoms with Crippen molar-refractivity contribution in [2.45, 2.75) is 110 Å². The summed E-state index contributed by atoms with van der Waals surface area (Å²) in [5.41, 5.74) is 7.89. The molecule has 1 rings (SSSR count). The Morgan fingerprint density at radius 3 is 2.06 bits per heavy atom. The number of unbranched alkanes of at least 4 members (excludes halogenated alkanes) is 10. The van der Waals surface area contributed by atoms with E-state index in [4.69, 9.17) is 15.2 Å². The first-order valence-electron chi connectivity index (χ1n) is 13.5. The Hall–Kier alpha value is -2.01. The molecule has 34 heavy (non-hydrogen) atoms. The molecular formula is C29H50N2O3. The number of benzene rings is 1. The van der Waals surface area contributed by atoms with Gasteiger partial charge in [0, 0.05) is 19.5 Å². The molecule has 0 saturated carbocycles. The summed E-state index contributed by atoms with van der Waals surface area (Å²) in [5.74, 6) is 1.43. The molecule has 0 aliphatic heterocycles. The van der Waals surface area contributed by atoms with E-state index in [9.17, 15) is 4.79 Å². The van der Waals surface area contributed by atoms with Crippen LogP contribution in [0.1, 0.15) is 109 Å². The van der Waals surface area contributed by atoms with Crippen molar-refractivity contribution in [3.63, 3.8) is 0 Å². The van der Waals surface area contributed by atoms with Gasteiger partial charge in [0.05, 0.1) is 7.11 Å². The molecule has 0 spiro atoms. The number of amides is 1. The van der Waals surface area contributed by atoms with E-state index in [1.165, 1.54) is 76.2 Å². The molecule has 5 heteroatoms. The van der Waals surface area contributed by atoms with Gasteiger partial charge < -0.3 is 20.5 Å². The number of methoxy groups -OCH3 is 1. The van der Waals surface area contributed by atoms with Crippen LogP contribution < -0.4 is 20.5 Å². The van der Waals surface area contributed by atoms with Crippen molar-refractivity contribution < 1.29 is 14.3 Å². The van der Waals surface area contributed by atoms with Gasteiger partial charge in [0.2, 0.25) is 5.91 Å². The average Bonchev–Trinajstić information content (AvgIpc) is 2.85. The first kappa shape index (κ1) is 30.0. The highest BCUT2D eigenvalue weighted by atomic mass is 16.5. The second-order valence-electron chi connectivity index (χ2n) is 9.29. The van der Waals surface area contributed by atoms with Crippen molar-refractivity contribution in [3.05, 3.63) is 35.9 Å². The highest BCUT2D eigenvalue weighted by Crippen LogP contribution is 2.28. The van der Waals surface area contributed by atoms with E-state index in [0.717, 1.165) is 24.8 Å². The van der Waals surface area contributed by atoms with Gasteiger partial charge in [-0.25, -0.2) is 0 Å². The van der Waals surface area contributed by atoms with Crippen LogP contribution in [0.5, 0.6) is 11.5 Å². The molecule has 1 amide bonds. The van der Waals surface area contributed by atoms with Crippen LogP contribution in [0, 0.1) is 0 Å². The third-order valence-electron chi connectivity index (χ3n) is 6.16. The van der Waals surface area contributed by atoms with Crippen molar-refractivity contribution in [2.75, 3.05) is 20.3 Å². The molecule has 0 heterocycles. The molecule has 0 unspecified atom stereocenters. The first-order chi connectivity index (χ1) is 16.6. The SMILES string of the molecule is C=C(CCCCCCCCC)CCCCCCCC(=O)NCc1ccc(OCCN)c(OC)c1. The van der Waals surface area contributed by atoms with Crippen molar-refractivity contribution in [1.29, 1.82) is 0 Å². The molecule has 1 aromatic rings. The molecule has 1 aromatic carbocycles. The van der Waals surface area contributed by atoms with Gasteiger partial charge in [0.15, 0.2) is 11.5 Å². The van der Waals surface area contributed by atoms with E-state index in [1.807, 2.05) is 18.2 Å². The molecule has 5 nitrogen and oxygen atoms in total. The minimum Gasteiger partial charge on any atom is -0.493 e. The van der Waals surface area contributed by atoms with Crippen molar-refractivity contribution in [2.24, 2.45) is 5.73 Å². The number of hydrogen-bond acceptors (Lipinski definition) is 4. The summed E-state index contributed by atoms with van der Waals surface area (Å²) in [7, 11) is 1.61. The zero-order valence-corrected chi connectivity index (χ0v) is 22.0. The summed E-state index contributed by atoms with van der Waals surface area (Å²) in [6.45, 7) is 7.92. The van der Waals surface area contributed by atoms with Crippen molar-refractivity contribution in [3.8, 4) is 11.5 Å². The number of carbonyl (C=O) groups excluding carboxylic acids is 1. The lowest BCUT2D eigenvalue weighted by Crippen LogP contribution is -2.22.